The molecule has 1 saturated carbocycles. The Morgan fingerprint density at radius 3 is 2.42 bits per heavy atom. The molecule has 4 nitrogen and oxygen atoms in total. The first kappa shape index (κ1) is 15.0. The molecule has 1 aromatic heterocycles. The Kier molecular flexibility index (Phi) is 4.66. The fraction of sp³-hybridized carbons (Fsp3) is 0.583. The minimum Gasteiger partial charge on any atom is -0.206 e. The quantitative estimate of drug-likeness (QED) is 0.837. The predicted octanol–water partition coefficient (Wildman–Crippen LogP) is 3.41. The van der Waals surface area contributed by atoms with Crippen molar-refractivity contribution < 1.29 is 8.42 Å². The second kappa shape index (κ2) is 5.92. The third kappa shape index (κ3) is 3.37. The van der Waals surface area contributed by atoms with E-state index in [1.165, 1.54) is 0 Å². The molecule has 0 bridgehead atoms. The summed E-state index contributed by atoms with van der Waals surface area (Å²) < 4.78 is 28.2. The zero-order valence-corrected chi connectivity index (χ0v) is 13.6. The Balaban J connectivity index is 2.28. The standard InChI is InChI=1S/C12H15BrN2O2S2/c13-10-5-8-18-11(10)19(16,17)15-12(9-14)6-3-1-2-4-7-12/h5,8,15H,1-4,6-7H2. The number of nitriles is 1. The number of nitrogens with zero attached hydrogens (tertiary/aromatic N) is 1. The fourth-order valence-electron chi connectivity index (χ4n) is 2.34. The number of rotatable bonds is 3. The minimum absolute atomic E-state index is 0.242. The van der Waals surface area contributed by atoms with E-state index in [0.29, 0.717) is 17.3 Å². The number of sulfonamides is 1. The van der Waals surface area contributed by atoms with E-state index in [9.17, 15) is 13.7 Å². The largest absolute Gasteiger partial charge is 0.252 e. The Morgan fingerprint density at radius 1 is 1.32 bits per heavy atom. The van der Waals surface area contributed by atoms with Crippen molar-refractivity contribution in [2.45, 2.75) is 48.3 Å². The molecule has 1 heterocycles. The van der Waals surface area contributed by atoms with E-state index in [1.807, 2.05) is 0 Å². The molecule has 1 N–H and O–H groups in total. The van der Waals surface area contributed by atoms with E-state index in [4.69, 9.17) is 0 Å². The molecule has 0 atom stereocenters. The Hall–Kier alpha value is -0.420. The van der Waals surface area contributed by atoms with Crippen LogP contribution in [0.3, 0.4) is 0 Å². The third-order valence-electron chi connectivity index (χ3n) is 3.33. The van der Waals surface area contributed by atoms with Crippen LogP contribution in [-0.4, -0.2) is 14.0 Å². The van der Waals surface area contributed by atoms with Gasteiger partial charge in [-0.1, -0.05) is 25.7 Å². The lowest BCUT2D eigenvalue weighted by Crippen LogP contribution is -2.46. The summed E-state index contributed by atoms with van der Waals surface area (Å²) in [7, 11) is -3.63. The zero-order valence-electron chi connectivity index (χ0n) is 10.4. The van der Waals surface area contributed by atoms with Gasteiger partial charge in [0, 0.05) is 4.47 Å². The topological polar surface area (TPSA) is 70.0 Å². The molecule has 0 unspecified atom stereocenters. The highest BCUT2D eigenvalue weighted by atomic mass is 79.9. The van der Waals surface area contributed by atoms with Gasteiger partial charge in [0.25, 0.3) is 10.0 Å². The van der Waals surface area contributed by atoms with Crippen LogP contribution < -0.4 is 4.72 Å². The molecule has 2 rings (SSSR count). The minimum atomic E-state index is -3.63. The molecule has 7 heteroatoms. The van der Waals surface area contributed by atoms with Crippen LogP contribution in [0, 0.1) is 11.3 Å². The molecule has 1 aliphatic carbocycles. The first-order valence-electron chi connectivity index (χ1n) is 6.17. The maximum Gasteiger partial charge on any atom is 0.252 e. The highest BCUT2D eigenvalue weighted by Gasteiger charge is 2.36. The van der Waals surface area contributed by atoms with Crippen molar-refractivity contribution in [3.05, 3.63) is 15.9 Å². The third-order valence-corrected chi connectivity index (χ3v) is 7.54. The van der Waals surface area contributed by atoms with Crippen molar-refractivity contribution in [2.24, 2.45) is 0 Å². The number of halogens is 1. The molecule has 0 amide bonds. The molecular formula is C12H15BrN2O2S2. The van der Waals surface area contributed by atoms with Crippen LogP contribution in [0.4, 0.5) is 0 Å². The summed E-state index contributed by atoms with van der Waals surface area (Å²) in [6.07, 6.45) is 5.09. The molecular weight excluding hydrogens is 348 g/mol. The Morgan fingerprint density at radius 2 is 1.95 bits per heavy atom. The van der Waals surface area contributed by atoms with E-state index in [-0.39, 0.29) is 4.21 Å². The Labute approximate surface area is 126 Å². The summed E-state index contributed by atoms with van der Waals surface area (Å²) >= 11 is 4.38. The summed E-state index contributed by atoms with van der Waals surface area (Å²) in [6.45, 7) is 0. The second-order valence-electron chi connectivity index (χ2n) is 4.77. The van der Waals surface area contributed by atoms with Crippen molar-refractivity contribution in [1.29, 1.82) is 5.26 Å². The van der Waals surface area contributed by atoms with Crippen LogP contribution in [-0.2, 0) is 10.0 Å². The molecule has 104 valence electrons. The molecule has 1 fully saturated rings. The van der Waals surface area contributed by atoms with Gasteiger partial charge in [-0.25, -0.2) is 8.42 Å². The normalized spacial score (nSPS) is 19.6. The van der Waals surface area contributed by atoms with E-state index < -0.39 is 15.6 Å². The van der Waals surface area contributed by atoms with E-state index in [1.54, 1.807) is 11.4 Å². The highest BCUT2D eigenvalue weighted by Crippen LogP contribution is 2.32. The maximum atomic E-state index is 12.4. The summed E-state index contributed by atoms with van der Waals surface area (Å²) in [5.74, 6) is 0. The van der Waals surface area contributed by atoms with E-state index >= 15 is 0 Å². The lowest BCUT2D eigenvalue weighted by Gasteiger charge is -2.25. The van der Waals surface area contributed by atoms with Crippen molar-refractivity contribution in [3.63, 3.8) is 0 Å². The molecule has 1 aromatic rings. The van der Waals surface area contributed by atoms with Crippen LogP contribution >= 0.6 is 27.3 Å². The van der Waals surface area contributed by atoms with Crippen LogP contribution in [0.25, 0.3) is 0 Å². The van der Waals surface area contributed by atoms with Crippen molar-refractivity contribution in [3.8, 4) is 6.07 Å². The van der Waals surface area contributed by atoms with Crippen LogP contribution in [0.5, 0.6) is 0 Å². The first-order valence-corrected chi connectivity index (χ1v) is 9.33. The van der Waals surface area contributed by atoms with Gasteiger partial charge in [0.1, 0.15) is 9.75 Å². The van der Waals surface area contributed by atoms with Gasteiger partial charge in [-0.2, -0.15) is 9.98 Å². The first-order chi connectivity index (χ1) is 8.99. The molecule has 0 aliphatic heterocycles. The monoisotopic (exact) mass is 362 g/mol. The van der Waals surface area contributed by atoms with Gasteiger partial charge < -0.3 is 0 Å². The lowest BCUT2D eigenvalue weighted by molar-refractivity contribution is 0.422. The average Bonchev–Trinajstić information content (AvgIpc) is 2.67. The van der Waals surface area contributed by atoms with E-state index in [0.717, 1.165) is 37.0 Å². The molecule has 0 saturated heterocycles. The average molecular weight is 363 g/mol. The number of thiophene rings is 1. The van der Waals surface area contributed by atoms with Crippen LogP contribution in [0.15, 0.2) is 20.1 Å². The number of hydrogen-bond acceptors (Lipinski definition) is 4. The van der Waals surface area contributed by atoms with Crippen molar-refractivity contribution >= 4 is 37.3 Å². The number of nitrogens with one attached hydrogen (secondary N) is 1. The van der Waals surface area contributed by atoms with Gasteiger partial charge in [-0.3, -0.25) is 0 Å². The van der Waals surface area contributed by atoms with Crippen LogP contribution in [0.2, 0.25) is 0 Å². The van der Waals surface area contributed by atoms with Crippen LogP contribution in [0.1, 0.15) is 38.5 Å². The molecule has 1 aliphatic rings. The molecule has 0 aromatic carbocycles. The summed E-state index contributed by atoms with van der Waals surface area (Å²) in [6, 6.07) is 3.89. The number of hydrogen-bond donors (Lipinski definition) is 1. The van der Waals surface area contributed by atoms with Gasteiger partial charge in [0.05, 0.1) is 6.07 Å². The predicted molar refractivity (Wildman–Crippen MR) is 78.4 cm³/mol. The molecule has 19 heavy (non-hydrogen) atoms. The summed E-state index contributed by atoms with van der Waals surface area (Å²) in [4.78, 5) is 0. The lowest BCUT2D eigenvalue weighted by atomic mass is 9.94. The SMILES string of the molecule is N#CC1(NS(=O)(=O)c2sccc2Br)CCCCCC1. The Bertz CT molecular complexity index is 581. The zero-order chi connectivity index (χ0) is 13.9. The fourth-order valence-corrected chi connectivity index (χ4v) is 6.06. The smallest absolute Gasteiger partial charge is 0.206 e. The van der Waals surface area contributed by atoms with Gasteiger partial charge in [0.2, 0.25) is 0 Å². The maximum absolute atomic E-state index is 12.4. The van der Waals surface area contributed by atoms with Gasteiger partial charge in [-0.15, -0.1) is 11.3 Å². The summed E-state index contributed by atoms with van der Waals surface area (Å²) in [5.41, 5.74) is -0.946. The van der Waals surface area contributed by atoms with Gasteiger partial charge >= 0.3 is 0 Å². The van der Waals surface area contributed by atoms with Gasteiger partial charge in [0.15, 0.2) is 0 Å². The van der Waals surface area contributed by atoms with E-state index in [2.05, 4.69) is 26.7 Å². The summed E-state index contributed by atoms with van der Waals surface area (Å²) in [5, 5.41) is 11.1. The van der Waals surface area contributed by atoms with Crippen molar-refractivity contribution in [1.82, 2.24) is 4.72 Å². The highest BCUT2D eigenvalue weighted by molar-refractivity contribution is 9.10. The van der Waals surface area contributed by atoms with Gasteiger partial charge in [-0.05, 0) is 40.2 Å². The second-order valence-corrected chi connectivity index (χ2v) is 8.42. The molecule has 0 spiro atoms. The van der Waals surface area contributed by atoms with Crippen molar-refractivity contribution in [2.75, 3.05) is 0 Å². The molecule has 0 radical (unpaired) electrons.